The number of hydrogen-bond donors (Lipinski definition) is 1. The number of nitrogens with two attached hydrogens (primary N) is 1. The van der Waals surface area contributed by atoms with E-state index in [1.807, 2.05) is 12.1 Å². The van der Waals surface area contributed by atoms with E-state index in [1.165, 1.54) is 0 Å². The van der Waals surface area contributed by atoms with Crippen molar-refractivity contribution in [2.75, 3.05) is 18.9 Å². The van der Waals surface area contributed by atoms with Gasteiger partial charge >= 0.3 is 18.9 Å². The van der Waals surface area contributed by atoms with Crippen LogP contribution in [0.2, 0.25) is 0 Å². The Labute approximate surface area is 116 Å². The van der Waals surface area contributed by atoms with Crippen molar-refractivity contribution in [3.8, 4) is 0 Å². The molecular weight excluding hydrogens is 209 g/mol. The van der Waals surface area contributed by atoms with Gasteiger partial charge in [0.15, 0.2) is 0 Å². The quantitative estimate of drug-likeness (QED) is 0.411. The summed E-state index contributed by atoms with van der Waals surface area (Å²) in [5.41, 5.74) is 6.00. The molecule has 2 N–H and O–H groups in total. The topological polar surface area (TPSA) is 44.5 Å². The minimum absolute atomic E-state index is 0. The Hall–Kier alpha value is -0.463. The zero-order valence-electron chi connectivity index (χ0n) is 10.4. The Kier molecular flexibility index (Phi) is 8.37. The molecule has 0 bridgehead atoms. The molecule has 0 amide bonds. The van der Waals surface area contributed by atoms with Gasteiger partial charge in [0.2, 0.25) is 0 Å². The summed E-state index contributed by atoms with van der Waals surface area (Å²) in [5.74, 6) is -0.444. The van der Waals surface area contributed by atoms with Crippen LogP contribution < -0.4 is 24.6 Å². The molecule has 1 heterocycles. The molecule has 0 saturated carbocycles. The molecule has 2 rings (SSSR count). The standard InChI is InChI=1S/C7H12O2.C6H6N.Li/c1-3-7(4-2)8-5-6-9-7;7-6-4-2-1-3-5-6;/h1-6H2;1-4H,7H2;/q-2;-1;+1. The van der Waals surface area contributed by atoms with Gasteiger partial charge in [-0.1, -0.05) is 5.69 Å². The van der Waals surface area contributed by atoms with Gasteiger partial charge in [-0.15, -0.1) is 18.9 Å². The summed E-state index contributed by atoms with van der Waals surface area (Å²) in [6, 6.07) is 10.2. The average molecular weight is 227 g/mol. The molecule has 0 radical (unpaired) electrons. The van der Waals surface area contributed by atoms with Crippen molar-refractivity contribution in [2.24, 2.45) is 0 Å². The number of rotatable bonds is 2. The van der Waals surface area contributed by atoms with Crippen LogP contribution in [0.25, 0.3) is 0 Å². The number of ether oxygens (including phenoxy) is 2. The van der Waals surface area contributed by atoms with Crippen LogP contribution in [0.3, 0.4) is 0 Å². The van der Waals surface area contributed by atoms with Crippen LogP contribution in [0.4, 0.5) is 5.69 Å². The van der Waals surface area contributed by atoms with Gasteiger partial charge in [-0.3, -0.25) is 0 Å². The SMILES string of the molecule is Nc1[c-]cccc1.[CH2-]CC1(C[CH2-])OCCO1.[Li+]. The molecule has 17 heavy (non-hydrogen) atoms. The van der Waals surface area contributed by atoms with Gasteiger partial charge < -0.3 is 29.1 Å². The molecule has 0 atom stereocenters. The summed E-state index contributed by atoms with van der Waals surface area (Å²) < 4.78 is 10.6. The van der Waals surface area contributed by atoms with E-state index in [4.69, 9.17) is 15.2 Å². The third-order valence-corrected chi connectivity index (χ3v) is 2.31. The average Bonchev–Trinajstić information content (AvgIpc) is 2.80. The number of para-hydroxylation sites is 1. The maximum Gasteiger partial charge on any atom is 1.00 e. The second kappa shape index (κ2) is 8.60. The zero-order valence-corrected chi connectivity index (χ0v) is 10.4. The summed E-state index contributed by atoms with van der Waals surface area (Å²) >= 11 is 0. The number of nitrogen functional groups attached to an aromatic ring is 1. The first-order chi connectivity index (χ1) is 7.72. The minimum atomic E-state index is -0.444. The van der Waals surface area contributed by atoms with Crippen LogP contribution in [0.15, 0.2) is 24.3 Å². The predicted molar refractivity (Wildman–Crippen MR) is 64.3 cm³/mol. The van der Waals surface area contributed by atoms with Crippen molar-refractivity contribution in [1.82, 2.24) is 0 Å². The molecule has 90 valence electrons. The second-order valence-electron chi connectivity index (χ2n) is 3.43. The molecule has 1 aliphatic heterocycles. The third kappa shape index (κ3) is 5.61. The van der Waals surface area contributed by atoms with E-state index < -0.39 is 5.79 Å². The number of benzene rings is 1. The Balaban J connectivity index is 0.000000292. The molecule has 1 aromatic rings. The third-order valence-electron chi connectivity index (χ3n) is 2.31. The smallest absolute Gasteiger partial charge is 0.420 e. The fourth-order valence-electron chi connectivity index (χ4n) is 1.32. The maximum atomic E-state index is 5.30. The van der Waals surface area contributed by atoms with Gasteiger partial charge in [-0.2, -0.15) is 24.3 Å². The maximum absolute atomic E-state index is 5.30. The molecule has 1 fully saturated rings. The van der Waals surface area contributed by atoms with Gasteiger partial charge in [-0.05, 0) is 0 Å². The molecule has 0 aromatic heterocycles. The molecule has 4 heteroatoms. The summed E-state index contributed by atoms with van der Waals surface area (Å²) in [7, 11) is 0. The number of anilines is 1. The Bertz CT molecular complexity index is 281. The van der Waals surface area contributed by atoms with Crippen molar-refractivity contribution < 1.29 is 28.3 Å². The Morgan fingerprint density at radius 3 is 2.06 bits per heavy atom. The van der Waals surface area contributed by atoms with E-state index in [1.54, 1.807) is 12.1 Å². The Morgan fingerprint density at radius 2 is 1.82 bits per heavy atom. The van der Waals surface area contributed by atoms with Crippen molar-refractivity contribution >= 4 is 5.69 Å². The van der Waals surface area contributed by atoms with E-state index in [-0.39, 0.29) is 18.9 Å². The van der Waals surface area contributed by atoms with Gasteiger partial charge in [0.1, 0.15) is 5.79 Å². The summed E-state index contributed by atoms with van der Waals surface area (Å²) in [6.07, 6.45) is 1.30. The molecule has 1 aliphatic rings. The van der Waals surface area contributed by atoms with Crippen LogP contribution >= 0.6 is 0 Å². The van der Waals surface area contributed by atoms with Crippen LogP contribution in [-0.2, 0) is 9.47 Å². The molecule has 0 spiro atoms. The first-order valence-corrected chi connectivity index (χ1v) is 5.31. The van der Waals surface area contributed by atoms with E-state index in [2.05, 4.69) is 19.9 Å². The first kappa shape index (κ1) is 16.5. The largest absolute Gasteiger partial charge is 1.00 e. The molecule has 3 nitrogen and oxygen atoms in total. The van der Waals surface area contributed by atoms with E-state index in [0.717, 1.165) is 0 Å². The van der Waals surface area contributed by atoms with Crippen LogP contribution in [0.5, 0.6) is 0 Å². The summed E-state index contributed by atoms with van der Waals surface area (Å²) in [6.45, 7) is 8.81. The summed E-state index contributed by atoms with van der Waals surface area (Å²) in [5, 5.41) is 0. The van der Waals surface area contributed by atoms with E-state index in [9.17, 15) is 0 Å². The fraction of sp³-hybridized carbons (Fsp3) is 0.385. The van der Waals surface area contributed by atoms with Gasteiger partial charge in [0.05, 0.1) is 13.2 Å². The van der Waals surface area contributed by atoms with Crippen molar-refractivity contribution in [1.29, 1.82) is 0 Å². The van der Waals surface area contributed by atoms with E-state index in [0.29, 0.717) is 31.7 Å². The van der Waals surface area contributed by atoms with Crippen molar-refractivity contribution in [3.05, 3.63) is 44.2 Å². The first-order valence-electron chi connectivity index (χ1n) is 5.31. The Morgan fingerprint density at radius 1 is 1.24 bits per heavy atom. The molecule has 0 aliphatic carbocycles. The molecule has 0 unspecified atom stereocenters. The zero-order chi connectivity index (χ0) is 11.9. The minimum Gasteiger partial charge on any atom is -0.420 e. The van der Waals surface area contributed by atoms with Crippen molar-refractivity contribution in [2.45, 2.75) is 18.6 Å². The van der Waals surface area contributed by atoms with E-state index >= 15 is 0 Å². The van der Waals surface area contributed by atoms with Gasteiger partial charge in [0.25, 0.3) is 0 Å². The van der Waals surface area contributed by atoms with Crippen LogP contribution in [-0.4, -0.2) is 19.0 Å². The molecule has 1 aromatic carbocycles. The monoisotopic (exact) mass is 227 g/mol. The second-order valence-corrected chi connectivity index (χ2v) is 3.43. The van der Waals surface area contributed by atoms with Gasteiger partial charge in [0, 0.05) is 0 Å². The fourth-order valence-corrected chi connectivity index (χ4v) is 1.32. The normalized spacial score (nSPS) is 16.6. The van der Waals surface area contributed by atoms with Gasteiger partial charge in [-0.25, -0.2) is 0 Å². The number of hydrogen-bond acceptors (Lipinski definition) is 3. The summed E-state index contributed by atoms with van der Waals surface area (Å²) in [4.78, 5) is 0. The van der Waals surface area contributed by atoms with Crippen molar-refractivity contribution in [3.63, 3.8) is 0 Å². The molecular formula is C13H18LiNO2-2. The van der Waals surface area contributed by atoms with Crippen LogP contribution in [0, 0.1) is 19.9 Å². The molecule has 1 saturated heterocycles. The van der Waals surface area contributed by atoms with Crippen LogP contribution in [0.1, 0.15) is 12.8 Å². The predicted octanol–water partition coefficient (Wildman–Crippen LogP) is -0.749.